The number of likely N-dealkylation sites (tertiary alicyclic amines) is 1. The Kier molecular flexibility index (Phi) is 6.37. The van der Waals surface area contributed by atoms with Crippen molar-refractivity contribution in [2.45, 2.75) is 45.0 Å². The maximum absolute atomic E-state index is 12.0. The number of hydrogen-bond acceptors (Lipinski definition) is 5. The summed E-state index contributed by atoms with van der Waals surface area (Å²) in [7, 11) is -1.70. The van der Waals surface area contributed by atoms with Crippen molar-refractivity contribution in [2.24, 2.45) is 5.92 Å². The number of β-amino-alcohol motifs (C(OH)–C–C–N with tert-alkyl or cyclic N) is 1. The predicted molar refractivity (Wildman–Crippen MR) is 102 cm³/mol. The highest BCUT2D eigenvalue weighted by Crippen LogP contribution is 2.37. The molecule has 2 heterocycles. The van der Waals surface area contributed by atoms with E-state index >= 15 is 0 Å². The first-order valence-electron chi connectivity index (χ1n) is 8.85. The van der Waals surface area contributed by atoms with Gasteiger partial charge >= 0.3 is 0 Å². The van der Waals surface area contributed by atoms with E-state index in [4.69, 9.17) is 4.43 Å². The van der Waals surface area contributed by atoms with Gasteiger partial charge in [0.15, 0.2) is 8.32 Å². The van der Waals surface area contributed by atoms with Gasteiger partial charge < -0.3 is 14.8 Å². The van der Waals surface area contributed by atoms with E-state index in [2.05, 4.69) is 49.1 Å². The molecule has 7 heteroatoms. The lowest BCUT2D eigenvalue weighted by atomic mass is 10.0. The highest BCUT2D eigenvalue weighted by molar-refractivity contribution is 6.74. The fraction of sp³-hybridized carbons (Fsp3) is 0.667. The smallest absolute Gasteiger partial charge is 0.255 e. The van der Waals surface area contributed by atoms with E-state index in [1.165, 1.54) is 0 Å². The zero-order chi connectivity index (χ0) is 18.7. The Labute approximate surface area is 151 Å². The second-order valence-corrected chi connectivity index (χ2v) is 13.2. The minimum Gasteiger partial charge on any atom is -0.416 e. The standard InChI is InChI=1S/C18H31N3O3Si/c1-18(2,3)25(4,5)24-13-14-10-21(11-14)12-15(22)17(23)20-16-8-6-7-9-19-16/h6-9,14-15,22H,10-13H2,1-5H3,(H,19,20,23)/t15-/m0/s1. The van der Waals surface area contributed by atoms with E-state index < -0.39 is 20.3 Å². The first-order valence-corrected chi connectivity index (χ1v) is 11.8. The summed E-state index contributed by atoms with van der Waals surface area (Å²) < 4.78 is 6.24. The quantitative estimate of drug-likeness (QED) is 0.726. The van der Waals surface area contributed by atoms with Crippen LogP contribution in [0.2, 0.25) is 18.1 Å². The Balaban J connectivity index is 1.68. The zero-order valence-corrected chi connectivity index (χ0v) is 17.0. The Morgan fingerprint density at radius 3 is 2.68 bits per heavy atom. The topological polar surface area (TPSA) is 74.7 Å². The van der Waals surface area contributed by atoms with Gasteiger partial charge in [0, 0.05) is 38.4 Å². The van der Waals surface area contributed by atoms with Crippen molar-refractivity contribution in [2.75, 3.05) is 31.6 Å². The van der Waals surface area contributed by atoms with Crippen LogP contribution in [0.3, 0.4) is 0 Å². The second-order valence-electron chi connectivity index (χ2n) is 8.38. The van der Waals surface area contributed by atoms with E-state index in [0.717, 1.165) is 19.7 Å². The van der Waals surface area contributed by atoms with Crippen LogP contribution in [0.4, 0.5) is 5.82 Å². The maximum Gasteiger partial charge on any atom is 0.255 e. The number of nitrogens with one attached hydrogen (secondary N) is 1. The molecule has 1 aliphatic heterocycles. The third-order valence-electron chi connectivity index (χ3n) is 5.17. The van der Waals surface area contributed by atoms with Gasteiger partial charge in [-0.3, -0.25) is 9.69 Å². The second kappa shape index (κ2) is 7.95. The number of carbonyl (C=O) groups is 1. The van der Waals surface area contributed by atoms with Gasteiger partial charge in [0.1, 0.15) is 11.9 Å². The average molecular weight is 366 g/mol. The molecule has 2 N–H and O–H groups in total. The molecule has 0 unspecified atom stereocenters. The van der Waals surface area contributed by atoms with Crippen LogP contribution in [0.5, 0.6) is 0 Å². The number of aliphatic hydroxyl groups is 1. The summed E-state index contributed by atoms with van der Waals surface area (Å²) in [6, 6.07) is 5.26. The minimum absolute atomic E-state index is 0.218. The van der Waals surface area contributed by atoms with Crippen molar-refractivity contribution in [1.82, 2.24) is 9.88 Å². The Bertz CT molecular complexity index is 569. The first kappa shape index (κ1) is 20.0. The third kappa shape index (κ3) is 5.60. The number of rotatable bonds is 7. The summed E-state index contributed by atoms with van der Waals surface area (Å²) in [6.45, 7) is 14.1. The molecule has 1 amide bonds. The first-order chi connectivity index (χ1) is 11.6. The summed E-state index contributed by atoms with van der Waals surface area (Å²) >= 11 is 0. The Morgan fingerprint density at radius 2 is 2.12 bits per heavy atom. The van der Waals surface area contributed by atoms with Crippen molar-refractivity contribution in [1.29, 1.82) is 0 Å². The molecule has 1 atom stereocenters. The van der Waals surface area contributed by atoms with Crippen LogP contribution >= 0.6 is 0 Å². The maximum atomic E-state index is 12.0. The third-order valence-corrected chi connectivity index (χ3v) is 9.67. The lowest BCUT2D eigenvalue weighted by molar-refractivity contribution is -0.126. The molecular weight excluding hydrogens is 334 g/mol. The highest BCUT2D eigenvalue weighted by Gasteiger charge is 2.39. The monoisotopic (exact) mass is 365 g/mol. The van der Waals surface area contributed by atoms with E-state index in [9.17, 15) is 9.90 Å². The molecule has 0 saturated carbocycles. The van der Waals surface area contributed by atoms with Gasteiger partial charge in [-0.2, -0.15) is 0 Å². The van der Waals surface area contributed by atoms with Crippen molar-refractivity contribution < 1.29 is 14.3 Å². The Hall–Kier alpha value is -1.28. The van der Waals surface area contributed by atoms with E-state index in [1.807, 2.05) is 0 Å². The van der Waals surface area contributed by atoms with Gasteiger partial charge in [-0.15, -0.1) is 0 Å². The van der Waals surface area contributed by atoms with Gasteiger partial charge in [0.25, 0.3) is 5.91 Å². The molecule has 0 bridgehead atoms. The van der Waals surface area contributed by atoms with Crippen molar-refractivity contribution >= 4 is 20.0 Å². The number of carbonyl (C=O) groups excluding carboxylic acids is 1. The van der Waals surface area contributed by atoms with Gasteiger partial charge in [0.2, 0.25) is 0 Å². The minimum atomic E-state index is -1.70. The van der Waals surface area contributed by atoms with Crippen LogP contribution in [-0.4, -0.2) is 61.6 Å². The molecule has 1 saturated heterocycles. The van der Waals surface area contributed by atoms with Gasteiger partial charge in [-0.25, -0.2) is 4.98 Å². The summed E-state index contributed by atoms with van der Waals surface area (Å²) in [5.41, 5.74) is 0. The summed E-state index contributed by atoms with van der Waals surface area (Å²) in [4.78, 5) is 18.1. The average Bonchev–Trinajstić information content (AvgIpc) is 2.48. The van der Waals surface area contributed by atoms with Crippen LogP contribution in [-0.2, 0) is 9.22 Å². The van der Waals surface area contributed by atoms with Crippen molar-refractivity contribution in [3.05, 3.63) is 24.4 Å². The normalized spacial score (nSPS) is 17.8. The highest BCUT2D eigenvalue weighted by atomic mass is 28.4. The van der Waals surface area contributed by atoms with Crippen LogP contribution in [0.25, 0.3) is 0 Å². The molecule has 0 aliphatic carbocycles. The molecule has 1 aromatic heterocycles. The SMILES string of the molecule is CC(C)(C)[Si](C)(C)OCC1CN(C[C@H](O)C(=O)Nc2ccccn2)C1. The molecule has 1 aliphatic rings. The number of amides is 1. The lowest BCUT2D eigenvalue weighted by Crippen LogP contribution is -2.54. The van der Waals surface area contributed by atoms with Gasteiger partial charge in [0.05, 0.1) is 0 Å². The Morgan fingerprint density at radius 1 is 1.44 bits per heavy atom. The molecule has 1 aromatic rings. The summed E-state index contributed by atoms with van der Waals surface area (Å²) in [5, 5.41) is 12.9. The molecular formula is C18H31N3O3Si. The molecule has 0 aromatic carbocycles. The number of hydrogen-bond donors (Lipinski definition) is 2. The number of aliphatic hydroxyl groups excluding tert-OH is 1. The van der Waals surface area contributed by atoms with E-state index in [0.29, 0.717) is 18.3 Å². The number of anilines is 1. The van der Waals surface area contributed by atoms with E-state index in [-0.39, 0.29) is 5.04 Å². The zero-order valence-electron chi connectivity index (χ0n) is 16.0. The van der Waals surface area contributed by atoms with E-state index in [1.54, 1.807) is 24.4 Å². The largest absolute Gasteiger partial charge is 0.416 e. The van der Waals surface area contributed by atoms with Crippen molar-refractivity contribution in [3.8, 4) is 0 Å². The molecule has 6 nitrogen and oxygen atoms in total. The number of pyridine rings is 1. The van der Waals surface area contributed by atoms with Crippen molar-refractivity contribution in [3.63, 3.8) is 0 Å². The predicted octanol–water partition coefficient (Wildman–Crippen LogP) is 2.33. The molecule has 2 rings (SSSR count). The van der Waals surface area contributed by atoms with Crippen LogP contribution in [0.1, 0.15) is 20.8 Å². The fourth-order valence-electron chi connectivity index (χ4n) is 2.45. The van der Waals surface area contributed by atoms with Crippen LogP contribution in [0.15, 0.2) is 24.4 Å². The lowest BCUT2D eigenvalue weighted by Gasteiger charge is -2.43. The van der Waals surface area contributed by atoms with Crippen LogP contribution < -0.4 is 5.32 Å². The molecule has 1 fully saturated rings. The van der Waals surface area contributed by atoms with Gasteiger partial charge in [-0.1, -0.05) is 26.8 Å². The summed E-state index contributed by atoms with van der Waals surface area (Å²) in [5.74, 6) is 0.524. The molecule has 140 valence electrons. The number of aromatic nitrogens is 1. The van der Waals surface area contributed by atoms with Gasteiger partial charge in [-0.05, 0) is 30.3 Å². The van der Waals surface area contributed by atoms with Crippen LogP contribution in [0, 0.1) is 5.92 Å². The molecule has 0 radical (unpaired) electrons. The fourth-order valence-corrected chi connectivity index (χ4v) is 3.53. The summed E-state index contributed by atoms with van der Waals surface area (Å²) in [6.07, 6.45) is 0.550. The molecule has 0 spiro atoms. The number of nitrogens with zero attached hydrogens (tertiary/aromatic N) is 2. The molecule has 25 heavy (non-hydrogen) atoms.